The van der Waals surface area contributed by atoms with E-state index in [4.69, 9.17) is 10.5 Å². The van der Waals surface area contributed by atoms with E-state index in [1.54, 1.807) is 35.1 Å². The lowest BCUT2D eigenvalue weighted by atomic mass is 9.93. The Morgan fingerprint density at radius 2 is 2.03 bits per heavy atom. The Morgan fingerprint density at radius 3 is 2.83 bits per heavy atom. The third-order valence-corrected chi connectivity index (χ3v) is 6.33. The number of piperidine rings is 1. The molecule has 4 heterocycles. The molecule has 2 aliphatic heterocycles. The number of nitrogen functional groups attached to an aromatic ring is 1. The number of likely N-dealkylation sites (tertiary alicyclic amines) is 1. The second kappa shape index (κ2) is 7.45. The number of hydrogen-bond donors (Lipinski definition) is 1. The first-order valence-electron chi connectivity index (χ1n) is 10.8. The maximum absolute atomic E-state index is 15.0. The van der Waals surface area contributed by atoms with Crippen LogP contribution in [0.15, 0.2) is 42.9 Å². The van der Waals surface area contributed by atoms with Crippen LogP contribution in [0.25, 0.3) is 16.6 Å². The molecular weight excluding hydrogens is 470 g/mol. The van der Waals surface area contributed by atoms with Gasteiger partial charge in [-0.1, -0.05) is 0 Å². The minimum atomic E-state index is -4.97. The normalized spacial score (nSPS) is 19.5. The zero-order chi connectivity index (χ0) is 24.5. The number of carbonyl (C=O) groups excluding carboxylic acids is 1. The molecule has 0 saturated carbocycles. The fourth-order valence-corrected chi connectivity index (χ4v) is 4.94. The van der Waals surface area contributed by atoms with Crippen LogP contribution in [0, 0.1) is 5.82 Å². The van der Waals surface area contributed by atoms with Gasteiger partial charge in [0.15, 0.2) is 0 Å². The molecular formula is C23H17F4N5O3. The van der Waals surface area contributed by atoms with Crippen molar-refractivity contribution in [3.05, 3.63) is 59.8 Å². The first-order valence-corrected chi connectivity index (χ1v) is 10.8. The SMILES string of the molecule is Nc1nc2ccc(C(=O)N3CCC[C@@H]4Oc5cc(OC(F)(F)F)cc(F)c5[C@@H]43)cc2n2cncc12. The van der Waals surface area contributed by atoms with Crippen LogP contribution in [0.2, 0.25) is 0 Å². The van der Waals surface area contributed by atoms with Gasteiger partial charge in [-0.2, -0.15) is 0 Å². The lowest BCUT2D eigenvalue weighted by Gasteiger charge is -2.36. The van der Waals surface area contributed by atoms with Gasteiger partial charge in [-0.25, -0.2) is 14.4 Å². The standard InChI is InChI=1S/C23H17F4N5O3/c24-13-7-12(35-23(25,26)27)8-18-19(13)20-17(34-18)2-1-5-31(20)22(33)11-3-4-14-15(6-11)32-10-29-9-16(32)21(28)30-14/h3-4,6-10,17,20H,1-2,5H2,(H2,28,30)/t17-,20+/m0/s1. The van der Waals surface area contributed by atoms with Gasteiger partial charge in [-0.15, -0.1) is 13.2 Å². The predicted molar refractivity (Wildman–Crippen MR) is 115 cm³/mol. The van der Waals surface area contributed by atoms with Crippen molar-refractivity contribution < 1.29 is 31.8 Å². The van der Waals surface area contributed by atoms with Crippen LogP contribution in [-0.2, 0) is 0 Å². The van der Waals surface area contributed by atoms with Crippen LogP contribution < -0.4 is 15.2 Å². The average Bonchev–Trinajstić information content (AvgIpc) is 3.43. The van der Waals surface area contributed by atoms with E-state index in [1.165, 1.54) is 4.90 Å². The first kappa shape index (κ1) is 21.4. The average molecular weight is 487 g/mol. The molecule has 1 fully saturated rings. The van der Waals surface area contributed by atoms with Crippen molar-refractivity contribution in [3.8, 4) is 11.5 Å². The highest BCUT2D eigenvalue weighted by atomic mass is 19.4. The van der Waals surface area contributed by atoms with Gasteiger partial charge < -0.3 is 20.1 Å². The van der Waals surface area contributed by atoms with E-state index < -0.39 is 30.1 Å². The van der Waals surface area contributed by atoms with Gasteiger partial charge >= 0.3 is 6.36 Å². The van der Waals surface area contributed by atoms with Crippen LogP contribution in [0.4, 0.5) is 23.4 Å². The number of nitrogens with zero attached hydrogens (tertiary/aromatic N) is 4. The summed E-state index contributed by atoms with van der Waals surface area (Å²) in [6.45, 7) is 0.335. The quantitative estimate of drug-likeness (QED) is 0.425. The number of aromatic nitrogens is 3. The smallest absolute Gasteiger partial charge is 0.487 e. The number of nitrogens with two attached hydrogens (primary N) is 1. The number of imidazole rings is 1. The van der Waals surface area contributed by atoms with Gasteiger partial charge in [-0.05, 0) is 31.0 Å². The number of anilines is 1. The van der Waals surface area contributed by atoms with Crippen molar-refractivity contribution in [2.45, 2.75) is 31.3 Å². The van der Waals surface area contributed by atoms with Crippen LogP contribution >= 0.6 is 0 Å². The number of ether oxygens (including phenoxy) is 2. The molecule has 12 heteroatoms. The van der Waals surface area contributed by atoms with Crippen molar-refractivity contribution >= 4 is 28.3 Å². The monoisotopic (exact) mass is 487 g/mol. The van der Waals surface area contributed by atoms with Crippen molar-refractivity contribution in [1.82, 2.24) is 19.3 Å². The molecule has 4 aromatic rings. The molecule has 1 saturated heterocycles. The summed E-state index contributed by atoms with van der Waals surface area (Å²) in [5, 5.41) is 0. The Kier molecular flexibility index (Phi) is 4.57. The molecule has 2 atom stereocenters. The highest BCUT2D eigenvalue weighted by Gasteiger charge is 2.45. The molecule has 2 N–H and O–H groups in total. The number of alkyl halides is 3. The van der Waals surface area contributed by atoms with Crippen LogP contribution in [0.1, 0.15) is 34.8 Å². The Morgan fingerprint density at radius 1 is 1.20 bits per heavy atom. The summed E-state index contributed by atoms with van der Waals surface area (Å²) < 4.78 is 64.3. The Hall–Kier alpha value is -4.09. The highest BCUT2D eigenvalue weighted by Crippen LogP contribution is 2.48. The molecule has 1 amide bonds. The molecule has 180 valence electrons. The Bertz CT molecular complexity index is 1500. The summed E-state index contributed by atoms with van der Waals surface area (Å²) in [6.07, 6.45) is -1.30. The maximum atomic E-state index is 15.0. The van der Waals surface area contributed by atoms with Crippen molar-refractivity contribution in [2.75, 3.05) is 12.3 Å². The summed E-state index contributed by atoms with van der Waals surface area (Å²) in [7, 11) is 0. The summed E-state index contributed by atoms with van der Waals surface area (Å²) in [5.41, 5.74) is 8.14. The topological polar surface area (TPSA) is 95.0 Å². The fourth-order valence-electron chi connectivity index (χ4n) is 4.94. The number of rotatable bonds is 2. The molecule has 6 rings (SSSR count). The van der Waals surface area contributed by atoms with Gasteiger partial charge in [0.25, 0.3) is 5.91 Å². The van der Waals surface area contributed by atoms with Gasteiger partial charge in [-0.3, -0.25) is 9.20 Å². The molecule has 2 aliphatic rings. The molecule has 0 radical (unpaired) electrons. The fraction of sp³-hybridized carbons (Fsp3) is 0.261. The van der Waals surface area contributed by atoms with Crippen LogP contribution in [0.3, 0.4) is 0 Å². The summed E-state index contributed by atoms with van der Waals surface area (Å²) in [6, 6.07) is 5.83. The molecule has 0 bridgehead atoms. The summed E-state index contributed by atoms with van der Waals surface area (Å²) in [4.78, 5) is 23.6. The number of benzene rings is 2. The van der Waals surface area contributed by atoms with E-state index in [1.807, 2.05) is 0 Å². The highest BCUT2D eigenvalue weighted by molar-refractivity contribution is 5.98. The molecule has 2 aromatic carbocycles. The molecule has 0 unspecified atom stereocenters. The molecule has 0 spiro atoms. The lowest BCUT2D eigenvalue weighted by molar-refractivity contribution is -0.274. The van der Waals surface area contributed by atoms with E-state index in [2.05, 4.69) is 14.7 Å². The second-order valence-corrected chi connectivity index (χ2v) is 8.46. The van der Waals surface area contributed by atoms with Crippen molar-refractivity contribution in [2.24, 2.45) is 0 Å². The number of halogens is 4. The molecule has 35 heavy (non-hydrogen) atoms. The van der Waals surface area contributed by atoms with E-state index in [9.17, 15) is 18.0 Å². The predicted octanol–water partition coefficient (Wildman–Crippen LogP) is 4.24. The van der Waals surface area contributed by atoms with E-state index in [0.29, 0.717) is 53.4 Å². The third-order valence-electron chi connectivity index (χ3n) is 6.33. The Labute approximate surface area is 194 Å². The van der Waals surface area contributed by atoms with Gasteiger partial charge in [0.2, 0.25) is 0 Å². The zero-order valence-electron chi connectivity index (χ0n) is 17.9. The minimum absolute atomic E-state index is 0.0461. The Balaban J connectivity index is 1.39. The van der Waals surface area contributed by atoms with Gasteiger partial charge in [0, 0.05) is 24.2 Å². The number of hydrogen-bond acceptors (Lipinski definition) is 6. The van der Waals surface area contributed by atoms with Gasteiger partial charge in [0.05, 0.1) is 29.1 Å². The van der Waals surface area contributed by atoms with E-state index in [-0.39, 0.29) is 17.2 Å². The second-order valence-electron chi connectivity index (χ2n) is 8.46. The van der Waals surface area contributed by atoms with E-state index in [0.717, 1.165) is 6.07 Å². The largest absolute Gasteiger partial charge is 0.573 e. The van der Waals surface area contributed by atoms with E-state index >= 15 is 4.39 Å². The summed E-state index contributed by atoms with van der Waals surface area (Å²) in [5.74, 6) is -1.75. The molecule has 8 nitrogen and oxygen atoms in total. The number of carbonyl (C=O) groups is 1. The summed E-state index contributed by atoms with van der Waals surface area (Å²) >= 11 is 0. The van der Waals surface area contributed by atoms with Crippen LogP contribution in [0.5, 0.6) is 11.5 Å². The molecule has 0 aliphatic carbocycles. The zero-order valence-corrected chi connectivity index (χ0v) is 17.9. The number of amides is 1. The van der Waals surface area contributed by atoms with Crippen molar-refractivity contribution in [3.63, 3.8) is 0 Å². The van der Waals surface area contributed by atoms with Crippen LogP contribution in [-0.4, -0.2) is 44.2 Å². The number of fused-ring (bicyclic) bond motifs is 6. The van der Waals surface area contributed by atoms with Crippen molar-refractivity contribution in [1.29, 1.82) is 0 Å². The maximum Gasteiger partial charge on any atom is 0.573 e. The molecule has 2 aromatic heterocycles. The third kappa shape index (κ3) is 3.47. The minimum Gasteiger partial charge on any atom is -0.487 e. The lowest BCUT2D eigenvalue weighted by Crippen LogP contribution is -2.44. The first-order chi connectivity index (χ1) is 16.7. The van der Waals surface area contributed by atoms with Gasteiger partial charge in [0.1, 0.15) is 40.8 Å².